The number of carbonyl (C=O) groups excluding carboxylic acids is 1. The van der Waals surface area contributed by atoms with Crippen molar-refractivity contribution in [1.29, 1.82) is 0 Å². The number of rotatable bonds is 2. The van der Waals surface area contributed by atoms with Gasteiger partial charge >= 0.3 is 0 Å². The Kier molecular flexibility index (Phi) is 3.33. The third-order valence-corrected chi connectivity index (χ3v) is 4.66. The largest absolute Gasteiger partial charge is 0.331 e. The Bertz CT molecular complexity index is 525. The van der Waals surface area contributed by atoms with Crippen LogP contribution in [0.5, 0.6) is 0 Å². The molecule has 2 atom stereocenters. The maximum Gasteiger partial charge on any atom is 0.223 e. The van der Waals surface area contributed by atoms with Crippen molar-refractivity contribution in [3.8, 4) is 0 Å². The molecule has 0 bridgehead atoms. The lowest BCUT2D eigenvalue weighted by Crippen LogP contribution is -2.50. The molecule has 1 aliphatic heterocycles. The lowest BCUT2D eigenvalue weighted by Gasteiger charge is -2.41. The van der Waals surface area contributed by atoms with Gasteiger partial charge in [-0.3, -0.25) is 4.79 Å². The smallest absolute Gasteiger partial charge is 0.223 e. The minimum Gasteiger partial charge on any atom is -0.331 e. The van der Waals surface area contributed by atoms with Crippen LogP contribution in [0.1, 0.15) is 54.0 Å². The Morgan fingerprint density at radius 3 is 2.25 bits per heavy atom. The highest BCUT2D eigenvalue weighted by molar-refractivity contribution is 5.79. The first kappa shape index (κ1) is 13.6. The summed E-state index contributed by atoms with van der Waals surface area (Å²) in [7, 11) is 0. The van der Waals surface area contributed by atoms with Crippen LogP contribution in [0.3, 0.4) is 0 Å². The van der Waals surface area contributed by atoms with Gasteiger partial charge in [0.15, 0.2) is 0 Å². The predicted molar refractivity (Wildman–Crippen MR) is 80.5 cm³/mol. The SMILES string of the molecule is Cc1cc(C)c(C2C(N)CCC(=O)N2C2CC2)c(C)c1. The second-order valence-electron chi connectivity index (χ2n) is 6.49. The average molecular weight is 272 g/mol. The summed E-state index contributed by atoms with van der Waals surface area (Å²) in [5.41, 5.74) is 11.5. The van der Waals surface area contributed by atoms with Crippen LogP contribution in [0.2, 0.25) is 0 Å². The number of amides is 1. The number of likely N-dealkylation sites (tertiary alicyclic amines) is 1. The predicted octanol–water partition coefficient (Wildman–Crippen LogP) is 2.77. The molecular formula is C17H24N2O. The number of nitrogens with zero attached hydrogens (tertiary/aromatic N) is 1. The molecule has 0 spiro atoms. The molecule has 3 heteroatoms. The van der Waals surface area contributed by atoms with Crippen molar-refractivity contribution in [2.24, 2.45) is 5.73 Å². The summed E-state index contributed by atoms with van der Waals surface area (Å²) < 4.78 is 0. The second kappa shape index (κ2) is 4.88. The van der Waals surface area contributed by atoms with Crippen molar-refractivity contribution in [3.63, 3.8) is 0 Å². The highest BCUT2D eigenvalue weighted by Crippen LogP contribution is 2.41. The number of hydrogen-bond acceptors (Lipinski definition) is 2. The van der Waals surface area contributed by atoms with Crippen molar-refractivity contribution in [2.75, 3.05) is 0 Å². The minimum atomic E-state index is 0.0633. The molecule has 2 N–H and O–H groups in total. The summed E-state index contributed by atoms with van der Waals surface area (Å²) in [6.07, 6.45) is 3.69. The fraction of sp³-hybridized carbons (Fsp3) is 0.588. The molecule has 0 aromatic heterocycles. The number of piperidine rings is 1. The maximum absolute atomic E-state index is 12.4. The van der Waals surface area contributed by atoms with E-state index in [-0.39, 0.29) is 12.1 Å². The molecule has 2 fully saturated rings. The molecule has 108 valence electrons. The Morgan fingerprint density at radius 2 is 1.70 bits per heavy atom. The molecule has 20 heavy (non-hydrogen) atoms. The van der Waals surface area contributed by atoms with Gasteiger partial charge in [0.25, 0.3) is 0 Å². The molecular weight excluding hydrogens is 248 g/mol. The van der Waals surface area contributed by atoms with E-state index in [1.165, 1.54) is 22.3 Å². The van der Waals surface area contributed by atoms with E-state index in [1.807, 2.05) is 0 Å². The molecule has 3 rings (SSSR count). The summed E-state index contributed by atoms with van der Waals surface area (Å²) in [6, 6.07) is 4.98. The second-order valence-corrected chi connectivity index (χ2v) is 6.49. The number of carbonyl (C=O) groups is 1. The van der Waals surface area contributed by atoms with Crippen molar-refractivity contribution in [2.45, 2.75) is 64.6 Å². The van der Waals surface area contributed by atoms with Gasteiger partial charge in [-0.1, -0.05) is 17.7 Å². The van der Waals surface area contributed by atoms with E-state index in [9.17, 15) is 4.79 Å². The van der Waals surface area contributed by atoms with E-state index in [0.717, 1.165) is 19.3 Å². The van der Waals surface area contributed by atoms with Crippen LogP contribution < -0.4 is 5.73 Å². The topological polar surface area (TPSA) is 46.3 Å². The van der Waals surface area contributed by atoms with Crippen LogP contribution in [-0.4, -0.2) is 22.9 Å². The summed E-state index contributed by atoms with van der Waals surface area (Å²) in [4.78, 5) is 14.5. The van der Waals surface area contributed by atoms with Gasteiger partial charge in [-0.25, -0.2) is 0 Å². The molecule has 2 unspecified atom stereocenters. The zero-order valence-corrected chi connectivity index (χ0v) is 12.6. The third kappa shape index (κ3) is 2.24. The van der Waals surface area contributed by atoms with Crippen LogP contribution in [0.25, 0.3) is 0 Å². The molecule has 1 heterocycles. The normalized spacial score (nSPS) is 27.0. The van der Waals surface area contributed by atoms with Gasteiger partial charge in [0.1, 0.15) is 0 Å². The van der Waals surface area contributed by atoms with Crippen LogP contribution in [-0.2, 0) is 4.79 Å². The first-order valence-corrected chi connectivity index (χ1v) is 7.63. The van der Waals surface area contributed by atoms with E-state index in [4.69, 9.17) is 5.73 Å². The quantitative estimate of drug-likeness (QED) is 0.900. The Labute approximate surface area is 121 Å². The van der Waals surface area contributed by atoms with Crippen LogP contribution in [0, 0.1) is 20.8 Å². The molecule has 1 aromatic carbocycles. The number of nitrogens with two attached hydrogens (primary N) is 1. The molecule has 1 saturated carbocycles. The Morgan fingerprint density at radius 1 is 1.10 bits per heavy atom. The van der Waals surface area contributed by atoms with Gasteiger partial charge < -0.3 is 10.6 Å². The molecule has 2 aliphatic rings. The van der Waals surface area contributed by atoms with Gasteiger partial charge in [0.2, 0.25) is 5.91 Å². The van der Waals surface area contributed by atoms with Gasteiger partial charge in [-0.2, -0.15) is 0 Å². The van der Waals surface area contributed by atoms with E-state index >= 15 is 0 Å². The van der Waals surface area contributed by atoms with Gasteiger partial charge in [0.05, 0.1) is 6.04 Å². The average Bonchev–Trinajstić information content (AvgIpc) is 3.16. The number of benzene rings is 1. The standard InChI is InChI=1S/C17H24N2O/c1-10-8-11(2)16(12(3)9-10)17-14(18)6-7-15(20)19(17)13-4-5-13/h8-9,13-14,17H,4-7,18H2,1-3H3. The minimum absolute atomic E-state index is 0.0633. The van der Waals surface area contributed by atoms with E-state index < -0.39 is 0 Å². The number of hydrogen-bond donors (Lipinski definition) is 1. The first-order chi connectivity index (χ1) is 9.49. The molecule has 0 radical (unpaired) electrons. The third-order valence-electron chi connectivity index (χ3n) is 4.66. The fourth-order valence-electron chi connectivity index (χ4n) is 3.73. The van der Waals surface area contributed by atoms with Gasteiger partial charge in [0, 0.05) is 18.5 Å². The van der Waals surface area contributed by atoms with E-state index in [0.29, 0.717) is 18.4 Å². The Balaban J connectivity index is 2.07. The lowest BCUT2D eigenvalue weighted by molar-refractivity contribution is -0.138. The Hall–Kier alpha value is -1.35. The molecule has 3 nitrogen and oxygen atoms in total. The van der Waals surface area contributed by atoms with Gasteiger partial charge in [-0.05, 0) is 56.7 Å². The van der Waals surface area contributed by atoms with Crippen molar-refractivity contribution >= 4 is 5.91 Å². The van der Waals surface area contributed by atoms with Crippen molar-refractivity contribution in [1.82, 2.24) is 4.90 Å². The molecule has 1 amide bonds. The highest BCUT2D eigenvalue weighted by Gasteiger charge is 2.43. The highest BCUT2D eigenvalue weighted by atomic mass is 16.2. The zero-order valence-electron chi connectivity index (χ0n) is 12.6. The lowest BCUT2D eigenvalue weighted by atomic mass is 9.85. The van der Waals surface area contributed by atoms with Crippen molar-refractivity contribution in [3.05, 3.63) is 34.4 Å². The molecule has 1 aliphatic carbocycles. The van der Waals surface area contributed by atoms with Crippen LogP contribution in [0.15, 0.2) is 12.1 Å². The van der Waals surface area contributed by atoms with Crippen LogP contribution in [0.4, 0.5) is 0 Å². The fourth-order valence-corrected chi connectivity index (χ4v) is 3.73. The monoisotopic (exact) mass is 272 g/mol. The zero-order chi connectivity index (χ0) is 14.4. The van der Waals surface area contributed by atoms with E-state index in [2.05, 4.69) is 37.8 Å². The van der Waals surface area contributed by atoms with E-state index in [1.54, 1.807) is 0 Å². The molecule has 1 aromatic rings. The first-order valence-electron chi connectivity index (χ1n) is 7.63. The molecule has 1 saturated heterocycles. The summed E-state index contributed by atoms with van der Waals surface area (Å²) in [6.45, 7) is 6.41. The van der Waals surface area contributed by atoms with Crippen molar-refractivity contribution < 1.29 is 4.79 Å². The summed E-state index contributed by atoms with van der Waals surface area (Å²) in [5, 5.41) is 0. The van der Waals surface area contributed by atoms with Crippen LogP contribution >= 0.6 is 0 Å². The summed E-state index contributed by atoms with van der Waals surface area (Å²) >= 11 is 0. The summed E-state index contributed by atoms with van der Waals surface area (Å²) in [5.74, 6) is 0.290. The van der Waals surface area contributed by atoms with Gasteiger partial charge in [-0.15, -0.1) is 0 Å². The number of aryl methyl sites for hydroxylation is 3. The maximum atomic E-state index is 12.4.